The van der Waals surface area contributed by atoms with Crippen LogP contribution in [0, 0.1) is 0 Å². The SMILES string of the molecule is NCc1cnn(CC=O)c1. The van der Waals surface area contributed by atoms with Crippen LogP contribution in [0.1, 0.15) is 5.56 Å². The molecular formula is C6H9N3O. The number of nitrogens with two attached hydrogens (primary N) is 1. The summed E-state index contributed by atoms with van der Waals surface area (Å²) >= 11 is 0. The van der Waals surface area contributed by atoms with Gasteiger partial charge in [-0.3, -0.25) is 4.68 Å². The zero-order chi connectivity index (χ0) is 7.40. The van der Waals surface area contributed by atoms with Gasteiger partial charge in [0.1, 0.15) is 6.29 Å². The van der Waals surface area contributed by atoms with E-state index < -0.39 is 0 Å². The van der Waals surface area contributed by atoms with E-state index in [2.05, 4.69) is 5.10 Å². The maximum Gasteiger partial charge on any atom is 0.141 e. The first-order valence-corrected chi connectivity index (χ1v) is 3.02. The molecule has 4 nitrogen and oxygen atoms in total. The Balaban J connectivity index is 2.67. The fraction of sp³-hybridized carbons (Fsp3) is 0.333. The predicted molar refractivity (Wildman–Crippen MR) is 36.2 cm³/mol. The zero-order valence-corrected chi connectivity index (χ0v) is 5.53. The van der Waals surface area contributed by atoms with Crippen LogP contribution < -0.4 is 5.73 Å². The van der Waals surface area contributed by atoms with Crippen LogP contribution in [0.4, 0.5) is 0 Å². The Morgan fingerprint density at radius 1 is 1.80 bits per heavy atom. The van der Waals surface area contributed by atoms with Gasteiger partial charge in [0.2, 0.25) is 0 Å². The summed E-state index contributed by atoms with van der Waals surface area (Å²) in [4.78, 5) is 9.98. The predicted octanol–water partition coefficient (Wildman–Crippen LogP) is -0.459. The highest BCUT2D eigenvalue weighted by molar-refractivity contribution is 5.48. The highest BCUT2D eigenvalue weighted by atomic mass is 16.1. The third-order valence-corrected chi connectivity index (χ3v) is 1.18. The number of nitrogens with zero attached hydrogens (tertiary/aromatic N) is 2. The summed E-state index contributed by atoms with van der Waals surface area (Å²) in [6.45, 7) is 0.777. The summed E-state index contributed by atoms with van der Waals surface area (Å²) in [7, 11) is 0. The number of hydrogen-bond donors (Lipinski definition) is 1. The average Bonchev–Trinajstić information content (AvgIpc) is 2.37. The Kier molecular flexibility index (Phi) is 2.17. The van der Waals surface area contributed by atoms with Gasteiger partial charge in [-0.05, 0) is 0 Å². The van der Waals surface area contributed by atoms with Crippen LogP contribution in [0.3, 0.4) is 0 Å². The van der Waals surface area contributed by atoms with Crippen LogP contribution in [0.5, 0.6) is 0 Å². The van der Waals surface area contributed by atoms with Crippen molar-refractivity contribution in [3.8, 4) is 0 Å². The fourth-order valence-corrected chi connectivity index (χ4v) is 0.688. The first-order valence-electron chi connectivity index (χ1n) is 3.02. The summed E-state index contributed by atoms with van der Waals surface area (Å²) in [6.07, 6.45) is 4.21. The minimum Gasteiger partial charge on any atom is -0.326 e. The summed E-state index contributed by atoms with van der Waals surface area (Å²) in [6, 6.07) is 0. The molecule has 0 atom stereocenters. The first kappa shape index (κ1) is 6.95. The molecule has 0 spiro atoms. The van der Waals surface area contributed by atoms with Gasteiger partial charge in [0.25, 0.3) is 0 Å². The number of aldehydes is 1. The molecule has 0 aromatic carbocycles. The number of aromatic nitrogens is 2. The van der Waals surface area contributed by atoms with Crippen molar-refractivity contribution < 1.29 is 4.79 Å². The topological polar surface area (TPSA) is 60.9 Å². The van der Waals surface area contributed by atoms with E-state index in [0.717, 1.165) is 11.8 Å². The third kappa shape index (κ3) is 1.41. The molecule has 0 aliphatic rings. The molecule has 54 valence electrons. The molecule has 1 aromatic rings. The molecule has 1 aromatic heterocycles. The maximum absolute atomic E-state index is 9.98. The molecule has 0 amide bonds. The molecule has 0 saturated carbocycles. The third-order valence-electron chi connectivity index (χ3n) is 1.18. The van der Waals surface area contributed by atoms with Crippen molar-refractivity contribution in [2.24, 2.45) is 5.73 Å². The van der Waals surface area contributed by atoms with Crippen LogP contribution in [0.25, 0.3) is 0 Å². The Labute approximate surface area is 58.6 Å². The van der Waals surface area contributed by atoms with Crippen LogP contribution in [0.15, 0.2) is 12.4 Å². The molecule has 0 fully saturated rings. The molecule has 0 aliphatic heterocycles. The normalized spacial score (nSPS) is 9.70. The number of rotatable bonds is 3. The van der Waals surface area contributed by atoms with E-state index in [1.54, 1.807) is 17.1 Å². The highest BCUT2D eigenvalue weighted by Crippen LogP contribution is 1.93. The van der Waals surface area contributed by atoms with Gasteiger partial charge in [0, 0.05) is 18.3 Å². The summed E-state index contributed by atoms with van der Waals surface area (Å²) in [5.74, 6) is 0. The second-order valence-electron chi connectivity index (χ2n) is 1.94. The highest BCUT2D eigenvalue weighted by Gasteiger charge is 1.93. The lowest BCUT2D eigenvalue weighted by molar-refractivity contribution is -0.108. The number of carbonyl (C=O) groups is 1. The molecule has 10 heavy (non-hydrogen) atoms. The minimum atomic E-state index is 0.306. The molecule has 0 bridgehead atoms. The van der Waals surface area contributed by atoms with E-state index in [4.69, 9.17) is 5.73 Å². The second kappa shape index (κ2) is 3.12. The van der Waals surface area contributed by atoms with Crippen LogP contribution in [-0.4, -0.2) is 16.1 Å². The summed E-state index contributed by atoms with van der Waals surface area (Å²) in [5.41, 5.74) is 6.26. The molecule has 0 radical (unpaired) electrons. The Morgan fingerprint density at radius 2 is 2.60 bits per heavy atom. The lowest BCUT2D eigenvalue weighted by atomic mass is 10.4. The lowest BCUT2D eigenvalue weighted by Crippen LogP contribution is -1.98. The van der Waals surface area contributed by atoms with Crippen molar-refractivity contribution in [3.63, 3.8) is 0 Å². The van der Waals surface area contributed by atoms with E-state index in [0.29, 0.717) is 13.1 Å². The van der Waals surface area contributed by atoms with Gasteiger partial charge < -0.3 is 10.5 Å². The number of carbonyl (C=O) groups excluding carboxylic acids is 1. The van der Waals surface area contributed by atoms with Crippen molar-refractivity contribution in [2.45, 2.75) is 13.1 Å². The van der Waals surface area contributed by atoms with Crippen molar-refractivity contribution in [3.05, 3.63) is 18.0 Å². The van der Waals surface area contributed by atoms with Crippen LogP contribution in [0.2, 0.25) is 0 Å². The van der Waals surface area contributed by atoms with E-state index in [9.17, 15) is 4.79 Å². The quantitative estimate of drug-likeness (QED) is 0.576. The lowest BCUT2D eigenvalue weighted by Gasteiger charge is -1.88. The van der Waals surface area contributed by atoms with Crippen LogP contribution in [-0.2, 0) is 17.9 Å². The monoisotopic (exact) mass is 139 g/mol. The van der Waals surface area contributed by atoms with E-state index >= 15 is 0 Å². The summed E-state index contributed by atoms with van der Waals surface area (Å²) in [5, 5.41) is 3.88. The Bertz CT molecular complexity index is 219. The van der Waals surface area contributed by atoms with Crippen molar-refractivity contribution in [2.75, 3.05) is 0 Å². The zero-order valence-electron chi connectivity index (χ0n) is 5.53. The van der Waals surface area contributed by atoms with Gasteiger partial charge in [0.15, 0.2) is 0 Å². The molecule has 0 aliphatic carbocycles. The number of hydrogen-bond acceptors (Lipinski definition) is 3. The van der Waals surface area contributed by atoms with Gasteiger partial charge in [-0.15, -0.1) is 0 Å². The largest absolute Gasteiger partial charge is 0.326 e. The molecule has 0 saturated heterocycles. The molecule has 1 rings (SSSR count). The minimum absolute atomic E-state index is 0.306. The van der Waals surface area contributed by atoms with Gasteiger partial charge >= 0.3 is 0 Å². The van der Waals surface area contributed by atoms with Crippen molar-refractivity contribution in [1.82, 2.24) is 9.78 Å². The van der Waals surface area contributed by atoms with E-state index in [1.165, 1.54) is 0 Å². The maximum atomic E-state index is 9.98. The second-order valence-corrected chi connectivity index (χ2v) is 1.94. The van der Waals surface area contributed by atoms with Crippen LogP contribution >= 0.6 is 0 Å². The van der Waals surface area contributed by atoms with E-state index in [1.807, 2.05) is 0 Å². The average molecular weight is 139 g/mol. The molecule has 4 heteroatoms. The van der Waals surface area contributed by atoms with Gasteiger partial charge in [-0.2, -0.15) is 5.10 Å². The summed E-state index contributed by atoms with van der Waals surface area (Å²) < 4.78 is 1.55. The van der Waals surface area contributed by atoms with Crippen molar-refractivity contribution >= 4 is 6.29 Å². The first-order chi connectivity index (χ1) is 4.86. The smallest absolute Gasteiger partial charge is 0.141 e. The fourth-order valence-electron chi connectivity index (χ4n) is 0.688. The van der Waals surface area contributed by atoms with Gasteiger partial charge in [-0.25, -0.2) is 0 Å². The van der Waals surface area contributed by atoms with Gasteiger partial charge in [0.05, 0.1) is 12.7 Å². The molecule has 0 unspecified atom stereocenters. The molecule has 2 N–H and O–H groups in total. The Morgan fingerprint density at radius 3 is 3.10 bits per heavy atom. The van der Waals surface area contributed by atoms with E-state index in [-0.39, 0.29) is 0 Å². The van der Waals surface area contributed by atoms with Crippen molar-refractivity contribution in [1.29, 1.82) is 0 Å². The molecular weight excluding hydrogens is 130 g/mol. The Hall–Kier alpha value is -1.16. The molecule has 1 heterocycles. The van der Waals surface area contributed by atoms with Gasteiger partial charge in [-0.1, -0.05) is 0 Å². The standard InChI is InChI=1S/C6H9N3O/c7-3-6-4-8-9(5-6)1-2-10/h2,4-5H,1,3,7H2.